The van der Waals surface area contributed by atoms with Gasteiger partial charge >= 0.3 is 0 Å². The van der Waals surface area contributed by atoms with Gasteiger partial charge in [-0.05, 0) is 18.1 Å². The summed E-state index contributed by atoms with van der Waals surface area (Å²) in [5.41, 5.74) is 2.32. The van der Waals surface area contributed by atoms with Gasteiger partial charge in [-0.3, -0.25) is 14.9 Å². The Labute approximate surface area is 171 Å². The molecule has 2 N–H and O–H groups in total. The van der Waals surface area contributed by atoms with Gasteiger partial charge in [-0.15, -0.1) is 0 Å². The van der Waals surface area contributed by atoms with E-state index in [0.717, 1.165) is 62.7 Å². The molecular formula is C23H28N4O2. The highest BCUT2D eigenvalue weighted by atomic mass is 16.5. The van der Waals surface area contributed by atoms with E-state index in [2.05, 4.69) is 44.3 Å². The van der Waals surface area contributed by atoms with Crippen molar-refractivity contribution in [1.82, 2.24) is 20.0 Å². The Morgan fingerprint density at radius 3 is 2.62 bits per heavy atom. The van der Waals surface area contributed by atoms with Crippen LogP contribution in [-0.2, 0) is 16.9 Å². The summed E-state index contributed by atoms with van der Waals surface area (Å²) in [5.74, 6) is 0. The molecule has 29 heavy (non-hydrogen) atoms. The van der Waals surface area contributed by atoms with Crippen LogP contribution in [0.25, 0.3) is 10.9 Å². The van der Waals surface area contributed by atoms with E-state index in [1.807, 2.05) is 30.3 Å². The highest BCUT2D eigenvalue weighted by molar-refractivity contribution is 5.81. The van der Waals surface area contributed by atoms with E-state index < -0.39 is 5.60 Å². The molecule has 6 nitrogen and oxygen atoms in total. The monoisotopic (exact) mass is 392 g/mol. The largest absolute Gasteiger partial charge is 0.383 e. The summed E-state index contributed by atoms with van der Waals surface area (Å²) in [5, 5.41) is 20.7. The summed E-state index contributed by atoms with van der Waals surface area (Å²) in [6.45, 7) is 5.66. The lowest BCUT2D eigenvalue weighted by Gasteiger charge is -2.50. The first-order chi connectivity index (χ1) is 14.2. The van der Waals surface area contributed by atoms with E-state index in [1.54, 1.807) is 0 Å². The first-order valence-corrected chi connectivity index (χ1v) is 10.5. The van der Waals surface area contributed by atoms with Crippen molar-refractivity contribution in [2.24, 2.45) is 0 Å². The summed E-state index contributed by atoms with van der Waals surface area (Å²) in [7, 11) is 0. The number of ether oxygens (including phenoxy) is 1. The number of benzene rings is 2. The van der Waals surface area contributed by atoms with Gasteiger partial charge in [-0.2, -0.15) is 5.10 Å². The molecule has 5 rings (SSSR count). The summed E-state index contributed by atoms with van der Waals surface area (Å²) in [4.78, 5) is 4.85. The smallest absolute Gasteiger partial charge is 0.108 e. The standard InChI is InChI=1S/C23H28N4O2/c28-23(18-6-2-1-3-7-18)10-11-26(17-22(23)27-12-14-29-15-13-27)16-21-19-8-4-5-9-20(19)24-25-21/h1-9,22,28H,10-17H2,(H,24,25)/t22-,23+/m1/s1. The van der Waals surface area contributed by atoms with Crippen molar-refractivity contribution in [1.29, 1.82) is 0 Å². The molecule has 0 spiro atoms. The third kappa shape index (κ3) is 3.57. The maximum atomic E-state index is 11.8. The fraction of sp³-hybridized carbons (Fsp3) is 0.435. The third-order valence-corrected chi connectivity index (χ3v) is 6.47. The van der Waals surface area contributed by atoms with Crippen molar-refractivity contribution in [3.8, 4) is 0 Å². The van der Waals surface area contributed by atoms with Gasteiger partial charge in [0.25, 0.3) is 0 Å². The van der Waals surface area contributed by atoms with E-state index in [1.165, 1.54) is 5.39 Å². The van der Waals surface area contributed by atoms with E-state index >= 15 is 0 Å². The van der Waals surface area contributed by atoms with Gasteiger partial charge in [-0.1, -0.05) is 48.5 Å². The number of fused-ring (bicyclic) bond motifs is 1. The number of aromatic nitrogens is 2. The van der Waals surface area contributed by atoms with Crippen molar-refractivity contribution >= 4 is 10.9 Å². The second-order valence-corrected chi connectivity index (χ2v) is 8.16. The maximum absolute atomic E-state index is 11.8. The van der Waals surface area contributed by atoms with Crippen LogP contribution < -0.4 is 0 Å². The molecule has 0 saturated carbocycles. The molecule has 0 aliphatic carbocycles. The van der Waals surface area contributed by atoms with E-state index in [4.69, 9.17) is 4.74 Å². The predicted molar refractivity (Wildman–Crippen MR) is 113 cm³/mol. The zero-order valence-corrected chi connectivity index (χ0v) is 16.6. The number of hydrogen-bond donors (Lipinski definition) is 2. The Bertz CT molecular complexity index is 954. The molecule has 1 aromatic heterocycles. The van der Waals surface area contributed by atoms with Crippen LogP contribution in [0.2, 0.25) is 0 Å². The number of nitrogens with one attached hydrogen (secondary N) is 1. The van der Waals surface area contributed by atoms with Crippen molar-refractivity contribution in [3.05, 3.63) is 65.9 Å². The number of aliphatic hydroxyl groups is 1. The zero-order valence-electron chi connectivity index (χ0n) is 16.6. The summed E-state index contributed by atoms with van der Waals surface area (Å²) < 4.78 is 5.57. The van der Waals surface area contributed by atoms with Crippen molar-refractivity contribution in [2.75, 3.05) is 39.4 Å². The number of H-pyrrole nitrogens is 1. The Hall–Kier alpha value is -2.25. The van der Waals surface area contributed by atoms with Gasteiger partial charge in [0.2, 0.25) is 0 Å². The van der Waals surface area contributed by atoms with E-state index in [9.17, 15) is 5.11 Å². The molecule has 2 saturated heterocycles. The van der Waals surface area contributed by atoms with Crippen molar-refractivity contribution < 1.29 is 9.84 Å². The average molecular weight is 393 g/mol. The molecule has 0 bridgehead atoms. The van der Waals surface area contributed by atoms with Crippen LogP contribution in [0.5, 0.6) is 0 Å². The number of aromatic amines is 1. The fourth-order valence-electron chi connectivity index (χ4n) is 4.85. The van der Waals surface area contributed by atoms with Crippen LogP contribution in [0.1, 0.15) is 17.7 Å². The molecule has 0 amide bonds. The lowest BCUT2D eigenvalue weighted by molar-refractivity contribution is -0.119. The van der Waals surface area contributed by atoms with Gasteiger partial charge in [0.05, 0.1) is 30.5 Å². The number of likely N-dealkylation sites (tertiary alicyclic amines) is 1. The lowest BCUT2D eigenvalue weighted by Crippen LogP contribution is -2.62. The van der Waals surface area contributed by atoms with Gasteiger partial charge in [0.15, 0.2) is 0 Å². The van der Waals surface area contributed by atoms with Crippen molar-refractivity contribution in [2.45, 2.75) is 24.6 Å². The first-order valence-electron chi connectivity index (χ1n) is 10.5. The van der Waals surface area contributed by atoms with Gasteiger partial charge in [0.1, 0.15) is 5.60 Å². The van der Waals surface area contributed by atoms with E-state index in [0.29, 0.717) is 6.42 Å². The number of para-hydroxylation sites is 1. The minimum absolute atomic E-state index is 0.0386. The SMILES string of the molecule is O[C@]1(c2ccccc2)CCN(Cc2[nH]nc3ccccc23)C[C@H]1N1CCOCC1. The summed E-state index contributed by atoms with van der Waals surface area (Å²) >= 11 is 0. The number of piperidine rings is 1. The van der Waals surface area contributed by atoms with Crippen LogP contribution in [0, 0.1) is 0 Å². The molecule has 0 radical (unpaired) electrons. The molecule has 2 fully saturated rings. The Morgan fingerprint density at radius 2 is 1.79 bits per heavy atom. The second-order valence-electron chi connectivity index (χ2n) is 8.16. The molecule has 2 aliphatic rings. The van der Waals surface area contributed by atoms with Crippen LogP contribution in [0.4, 0.5) is 0 Å². The van der Waals surface area contributed by atoms with Crippen LogP contribution in [0.15, 0.2) is 54.6 Å². The molecule has 152 valence electrons. The lowest BCUT2D eigenvalue weighted by atomic mass is 9.79. The highest BCUT2D eigenvalue weighted by Crippen LogP contribution is 2.37. The average Bonchev–Trinajstić information content (AvgIpc) is 3.19. The molecule has 3 heterocycles. The molecule has 3 aromatic rings. The Morgan fingerprint density at radius 1 is 1.03 bits per heavy atom. The Balaban J connectivity index is 1.41. The third-order valence-electron chi connectivity index (χ3n) is 6.47. The molecule has 2 aliphatic heterocycles. The number of rotatable bonds is 4. The predicted octanol–water partition coefficient (Wildman–Crippen LogP) is 2.36. The minimum Gasteiger partial charge on any atom is -0.383 e. The maximum Gasteiger partial charge on any atom is 0.108 e. The number of nitrogens with zero attached hydrogens (tertiary/aromatic N) is 3. The quantitative estimate of drug-likeness (QED) is 0.714. The molecule has 0 unspecified atom stereocenters. The van der Waals surface area contributed by atoms with Gasteiger partial charge in [-0.25, -0.2) is 0 Å². The van der Waals surface area contributed by atoms with Gasteiger partial charge in [0, 0.05) is 38.1 Å². The Kier molecular flexibility index (Phi) is 5.09. The normalized spacial score (nSPS) is 26.7. The molecular weight excluding hydrogens is 364 g/mol. The van der Waals surface area contributed by atoms with Crippen LogP contribution in [0.3, 0.4) is 0 Å². The second kappa shape index (κ2) is 7.88. The number of hydrogen-bond acceptors (Lipinski definition) is 5. The minimum atomic E-state index is -0.842. The highest BCUT2D eigenvalue weighted by Gasteiger charge is 2.46. The molecule has 2 atom stereocenters. The van der Waals surface area contributed by atoms with Gasteiger partial charge < -0.3 is 9.84 Å². The summed E-state index contributed by atoms with van der Waals surface area (Å²) in [6.07, 6.45) is 0.713. The number of morpholine rings is 1. The topological polar surface area (TPSA) is 64.6 Å². The molecule has 2 aromatic carbocycles. The first kappa shape index (κ1) is 18.8. The summed E-state index contributed by atoms with van der Waals surface area (Å²) in [6, 6.07) is 18.4. The zero-order chi connectivity index (χ0) is 19.7. The van der Waals surface area contributed by atoms with E-state index in [-0.39, 0.29) is 6.04 Å². The fourth-order valence-corrected chi connectivity index (χ4v) is 4.85. The van der Waals surface area contributed by atoms with Crippen LogP contribution in [-0.4, -0.2) is 70.5 Å². The molecule has 6 heteroatoms. The van der Waals surface area contributed by atoms with Crippen molar-refractivity contribution in [3.63, 3.8) is 0 Å². The van der Waals surface area contributed by atoms with Crippen LogP contribution >= 0.6 is 0 Å².